The molecule has 1 aliphatic carbocycles. The molecule has 7 heteroatoms. The molecule has 2 amide bonds. The van der Waals surface area contributed by atoms with Crippen LogP contribution in [0.2, 0.25) is 0 Å². The van der Waals surface area contributed by atoms with Crippen LogP contribution in [0.3, 0.4) is 0 Å². The average molecular weight is 461 g/mol. The number of aryl methyl sites for hydroxylation is 1. The third-order valence-electron chi connectivity index (χ3n) is 6.63. The second kappa shape index (κ2) is 13.9. The number of carbonyl (C=O) groups is 3. The van der Waals surface area contributed by atoms with Crippen LogP contribution in [0.4, 0.5) is 4.79 Å². The van der Waals surface area contributed by atoms with E-state index < -0.39 is 24.2 Å². The maximum absolute atomic E-state index is 12.9. The van der Waals surface area contributed by atoms with Crippen LogP contribution in [0.1, 0.15) is 77.7 Å². The predicted molar refractivity (Wildman–Crippen MR) is 128 cm³/mol. The van der Waals surface area contributed by atoms with Gasteiger partial charge in [-0.1, -0.05) is 76.8 Å². The number of carboxylic acid groups (broad SMARTS) is 1. The summed E-state index contributed by atoms with van der Waals surface area (Å²) in [4.78, 5) is 37.2. The van der Waals surface area contributed by atoms with Crippen molar-refractivity contribution in [2.75, 3.05) is 0 Å². The monoisotopic (exact) mass is 460 g/mol. The van der Waals surface area contributed by atoms with Crippen LogP contribution >= 0.6 is 0 Å². The Hall–Kier alpha value is -2.57. The fourth-order valence-electron chi connectivity index (χ4n) is 4.27. The molecule has 33 heavy (non-hydrogen) atoms. The number of aliphatic carboxylic acids is 1. The number of ether oxygens (including phenoxy) is 1. The Bertz CT molecular complexity index is 748. The van der Waals surface area contributed by atoms with Gasteiger partial charge in [0.15, 0.2) is 0 Å². The smallest absolute Gasteiger partial charge is 0.408 e. The molecular formula is C26H40N2O5. The van der Waals surface area contributed by atoms with Gasteiger partial charge in [0.05, 0.1) is 0 Å². The number of benzene rings is 1. The fraction of sp³-hybridized carbons (Fsp3) is 0.654. The summed E-state index contributed by atoms with van der Waals surface area (Å²) in [6.45, 7) is 5.80. The molecule has 0 aliphatic heterocycles. The molecule has 184 valence electrons. The van der Waals surface area contributed by atoms with E-state index in [9.17, 15) is 19.5 Å². The van der Waals surface area contributed by atoms with Crippen LogP contribution in [-0.2, 0) is 20.7 Å². The van der Waals surface area contributed by atoms with Crippen LogP contribution in [0.5, 0.6) is 0 Å². The van der Waals surface area contributed by atoms with Gasteiger partial charge < -0.3 is 20.5 Å². The molecule has 0 heterocycles. The summed E-state index contributed by atoms with van der Waals surface area (Å²) in [5.41, 5.74) is 1.19. The SMILES string of the molecule is CC[C@H](C)[C@H](NC(=O)O[C@@H](CC(C)CCc1ccccc1)C(=O)O)C(=O)NC1CCCCC1. The van der Waals surface area contributed by atoms with Gasteiger partial charge in [0.2, 0.25) is 12.0 Å². The molecule has 0 saturated heterocycles. The Labute approximate surface area is 197 Å². The Morgan fingerprint density at radius 1 is 1.09 bits per heavy atom. The van der Waals surface area contributed by atoms with Gasteiger partial charge in [-0.25, -0.2) is 9.59 Å². The highest BCUT2D eigenvalue weighted by Gasteiger charge is 2.31. The summed E-state index contributed by atoms with van der Waals surface area (Å²) < 4.78 is 5.27. The highest BCUT2D eigenvalue weighted by Crippen LogP contribution is 2.19. The average Bonchev–Trinajstić information content (AvgIpc) is 2.81. The Morgan fingerprint density at radius 3 is 2.36 bits per heavy atom. The van der Waals surface area contributed by atoms with Crippen LogP contribution < -0.4 is 10.6 Å². The summed E-state index contributed by atoms with van der Waals surface area (Å²) in [7, 11) is 0. The first kappa shape index (κ1) is 26.7. The first-order valence-electron chi connectivity index (χ1n) is 12.3. The molecule has 0 aromatic heterocycles. The van der Waals surface area contributed by atoms with Crippen molar-refractivity contribution in [3.05, 3.63) is 35.9 Å². The number of rotatable bonds is 12. The number of hydrogen-bond acceptors (Lipinski definition) is 4. The lowest BCUT2D eigenvalue weighted by Gasteiger charge is -2.28. The zero-order chi connectivity index (χ0) is 24.2. The van der Waals surface area contributed by atoms with Gasteiger partial charge >= 0.3 is 12.1 Å². The van der Waals surface area contributed by atoms with Crippen LogP contribution in [0.25, 0.3) is 0 Å². The van der Waals surface area contributed by atoms with Crippen molar-refractivity contribution in [1.82, 2.24) is 10.6 Å². The van der Waals surface area contributed by atoms with Gasteiger partial charge in [-0.15, -0.1) is 0 Å². The summed E-state index contributed by atoms with van der Waals surface area (Å²) >= 11 is 0. The molecule has 0 bridgehead atoms. The van der Waals surface area contributed by atoms with Crippen molar-refractivity contribution >= 4 is 18.0 Å². The van der Waals surface area contributed by atoms with Gasteiger partial charge in [0.1, 0.15) is 6.04 Å². The summed E-state index contributed by atoms with van der Waals surface area (Å²) in [6, 6.07) is 9.37. The molecule has 1 saturated carbocycles. The summed E-state index contributed by atoms with van der Waals surface area (Å²) in [6.07, 6.45) is 5.70. The van der Waals surface area contributed by atoms with E-state index in [1.807, 2.05) is 51.1 Å². The molecule has 1 fully saturated rings. The van der Waals surface area contributed by atoms with Crippen molar-refractivity contribution in [1.29, 1.82) is 0 Å². The fourth-order valence-corrected chi connectivity index (χ4v) is 4.27. The molecule has 1 aromatic rings. The van der Waals surface area contributed by atoms with Crippen molar-refractivity contribution in [3.63, 3.8) is 0 Å². The van der Waals surface area contributed by atoms with E-state index in [4.69, 9.17) is 4.74 Å². The van der Waals surface area contributed by atoms with Gasteiger partial charge in [0, 0.05) is 6.04 Å². The van der Waals surface area contributed by atoms with Gasteiger partial charge in [0.25, 0.3) is 0 Å². The van der Waals surface area contributed by atoms with E-state index in [-0.39, 0.29) is 30.2 Å². The lowest BCUT2D eigenvalue weighted by atomic mass is 9.93. The second-order valence-corrected chi connectivity index (χ2v) is 9.45. The molecule has 1 aliphatic rings. The largest absolute Gasteiger partial charge is 0.479 e. The van der Waals surface area contributed by atoms with E-state index in [1.165, 1.54) is 12.0 Å². The van der Waals surface area contributed by atoms with Crippen molar-refractivity contribution in [2.45, 2.75) is 96.7 Å². The lowest BCUT2D eigenvalue weighted by Crippen LogP contribution is -2.53. The number of nitrogens with one attached hydrogen (secondary N) is 2. The highest BCUT2D eigenvalue weighted by atomic mass is 16.6. The molecule has 0 spiro atoms. The maximum atomic E-state index is 12.9. The van der Waals surface area contributed by atoms with E-state index in [0.717, 1.165) is 38.5 Å². The van der Waals surface area contributed by atoms with E-state index >= 15 is 0 Å². The van der Waals surface area contributed by atoms with Crippen molar-refractivity contribution in [2.24, 2.45) is 11.8 Å². The minimum absolute atomic E-state index is 0.0547. The van der Waals surface area contributed by atoms with Gasteiger partial charge in [-0.2, -0.15) is 0 Å². The number of carboxylic acids is 1. The molecule has 1 aromatic carbocycles. The van der Waals surface area contributed by atoms with Gasteiger partial charge in [-0.3, -0.25) is 4.79 Å². The topological polar surface area (TPSA) is 105 Å². The Balaban J connectivity index is 1.90. The number of alkyl carbamates (subject to hydrolysis) is 1. The third-order valence-corrected chi connectivity index (χ3v) is 6.63. The molecule has 0 radical (unpaired) electrons. The molecule has 2 rings (SSSR count). The second-order valence-electron chi connectivity index (χ2n) is 9.45. The molecule has 3 N–H and O–H groups in total. The number of amides is 2. The van der Waals surface area contributed by atoms with Gasteiger partial charge in [-0.05, 0) is 49.5 Å². The molecule has 1 unspecified atom stereocenters. The molecular weight excluding hydrogens is 420 g/mol. The highest BCUT2D eigenvalue weighted by molar-refractivity contribution is 5.86. The van der Waals surface area contributed by atoms with Crippen molar-refractivity contribution in [3.8, 4) is 0 Å². The Kier molecular flexibility index (Phi) is 11.2. The quantitative estimate of drug-likeness (QED) is 0.420. The lowest BCUT2D eigenvalue weighted by molar-refractivity contribution is -0.147. The maximum Gasteiger partial charge on any atom is 0.408 e. The molecule has 4 atom stereocenters. The number of hydrogen-bond donors (Lipinski definition) is 3. The minimum atomic E-state index is -1.25. The third kappa shape index (κ3) is 9.44. The summed E-state index contributed by atoms with van der Waals surface area (Å²) in [5, 5.41) is 15.3. The van der Waals surface area contributed by atoms with Crippen LogP contribution in [0.15, 0.2) is 30.3 Å². The minimum Gasteiger partial charge on any atom is -0.479 e. The molecule has 7 nitrogen and oxygen atoms in total. The van der Waals surface area contributed by atoms with E-state index in [2.05, 4.69) is 10.6 Å². The first-order valence-corrected chi connectivity index (χ1v) is 12.3. The first-order chi connectivity index (χ1) is 15.8. The normalized spacial score (nSPS) is 17.9. The van der Waals surface area contributed by atoms with E-state index in [0.29, 0.717) is 6.42 Å². The standard InChI is InChI=1S/C26H40N2O5/c1-4-19(3)23(24(29)27-21-13-9-6-10-14-21)28-26(32)33-22(25(30)31)17-18(2)15-16-20-11-7-5-8-12-20/h5,7-8,11-12,18-19,21-23H,4,6,9-10,13-17H2,1-3H3,(H,27,29)(H,28,32)(H,30,31)/t18?,19-,22-,23-/m0/s1. The van der Waals surface area contributed by atoms with Crippen molar-refractivity contribution < 1.29 is 24.2 Å². The van der Waals surface area contributed by atoms with E-state index in [1.54, 1.807) is 0 Å². The zero-order valence-corrected chi connectivity index (χ0v) is 20.2. The van der Waals surface area contributed by atoms with Crippen LogP contribution in [0, 0.1) is 11.8 Å². The van der Waals surface area contributed by atoms with Crippen LogP contribution in [-0.4, -0.2) is 41.3 Å². The summed E-state index contributed by atoms with van der Waals surface area (Å²) in [5.74, 6) is -1.45. The Morgan fingerprint density at radius 2 is 1.76 bits per heavy atom. The predicted octanol–water partition coefficient (Wildman–Crippen LogP) is 4.69. The number of carbonyl (C=O) groups excluding carboxylic acids is 2. The zero-order valence-electron chi connectivity index (χ0n) is 20.2.